The molecule has 2 aliphatic rings. The van der Waals surface area contributed by atoms with Gasteiger partial charge in [0, 0.05) is 6.07 Å². The molecule has 2 aromatic rings. The van der Waals surface area contributed by atoms with E-state index in [1.165, 1.54) is 11.3 Å². The predicted octanol–water partition coefficient (Wildman–Crippen LogP) is 2.95. The highest BCUT2D eigenvalue weighted by molar-refractivity contribution is 7.13. The van der Waals surface area contributed by atoms with Gasteiger partial charge in [0.2, 0.25) is 0 Å². The van der Waals surface area contributed by atoms with E-state index >= 15 is 0 Å². The van der Waals surface area contributed by atoms with Gasteiger partial charge in [-0.3, -0.25) is 14.5 Å². The molecular weight excluding hydrogens is 382 g/mol. The fraction of sp³-hybridized carbons (Fsp3) is 0.474. The Kier molecular flexibility index (Phi) is 4.92. The Bertz CT molecular complexity index is 893. The minimum Gasteiger partial charge on any atom is -0.458 e. The number of hydrogen-bond acceptors (Lipinski definition) is 7. The maximum atomic E-state index is 12.9. The lowest BCUT2D eigenvalue weighted by atomic mass is 9.73. The summed E-state index contributed by atoms with van der Waals surface area (Å²) in [5.41, 5.74) is -0.413. The molecule has 0 radical (unpaired) electrons. The second-order valence-electron chi connectivity index (χ2n) is 7.26. The smallest absolute Gasteiger partial charge is 0.326 e. The number of thiophene rings is 1. The number of aromatic nitrogens is 1. The van der Waals surface area contributed by atoms with Crippen LogP contribution in [-0.2, 0) is 20.9 Å². The topological polar surface area (TPSA) is 102 Å². The molecule has 148 valence electrons. The summed E-state index contributed by atoms with van der Waals surface area (Å²) in [6.45, 7) is 1.47. The van der Waals surface area contributed by atoms with Crippen molar-refractivity contribution in [3.63, 3.8) is 0 Å². The molecule has 1 aliphatic heterocycles. The van der Waals surface area contributed by atoms with Gasteiger partial charge in [0.05, 0.1) is 4.88 Å². The van der Waals surface area contributed by atoms with E-state index in [-0.39, 0.29) is 18.4 Å². The second-order valence-corrected chi connectivity index (χ2v) is 8.21. The van der Waals surface area contributed by atoms with Gasteiger partial charge in [-0.05, 0) is 30.2 Å². The Labute approximate surface area is 165 Å². The summed E-state index contributed by atoms with van der Waals surface area (Å²) in [6, 6.07) is 4.98. The number of amides is 3. The molecule has 0 aromatic carbocycles. The minimum absolute atomic E-state index is 0.0459. The number of urea groups is 1. The summed E-state index contributed by atoms with van der Waals surface area (Å²) < 4.78 is 10.4. The molecule has 2 aromatic heterocycles. The van der Waals surface area contributed by atoms with E-state index in [1.807, 2.05) is 24.4 Å². The quantitative estimate of drug-likeness (QED) is 0.608. The Morgan fingerprint density at radius 2 is 2.32 bits per heavy atom. The first kappa shape index (κ1) is 18.7. The van der Waals surface area contributed by atoms with E-state index in [9.17, 15) is 14.4 Å². The number of hydrogen-bond donors (Lipinski definition) is 1. The number of nitrogens with zero attached hydrogens (tertiary/aromatic N) is 2. The lowest BCUT2D eigenvalue weighted by molar-refractivity contribution is -0.149. The van der Waals surface area contributed by atoms with Gasteiger partial charge in [-0.2, -0.15) is 0 Å². The van der Waals surface area contributed by atoms with Gasteiger partial charge in [0.25, 0.3) is 5.91 Å². The first-order valence-electron chi connectivity index (χ1n) is 9.29. The number of ether oxygens (including phenoxy) is 1. The standard InChI is InChI=1S/C19H21N3O5S/c1-12-5-2-3-7-19(12)17(24)22(18(25)20-19)10-16(23)26-11-13-9-14(27-21-13)15-6-4-8-28-15/h4,6,8-9,12H,2-3,5,7,10-11H2,1H3,(H,20,25)/t12-,19+/m0/s1. The average molecular weight is 403 g/mol. The van der Waals surface area contributed by atoms with Crippen LogP contribution in [0.1, 0.15) is 38.3 Å². The number of nitrogens with one attached hydrogen (secondary N) is 1. The Hall–Kier alpha value is -2.68. The molecule has 28 heavy (non-hydrogen) atoms. The van der Waals surface area contributed by atoms with Crippen molar-refractivity contribution in [3.05, 3.63) is 29.3 Å². The summed E-state index contributed by atoms with van der Waals surface area (Å²) >= 11 is 1.52. The fourth-order valence-electron chi connectivity index (χ4n) is 3.88. The lowest BCUT2D eigenvalue weighted by Crippen LogP contribution is -2.54. The van der Waals surface area contributed by atoms with Crippen LogP contribution in [0.25, 0.3) is 10.6 Å². The molecule has 0 unspecified atom stereocenters. The van der Waals surface area contributed by atoms with Crippen molar-refractivity contribution in [1.82, 2.24) is 15.4 Å². The molecule has 2 fully saturated rings. The van der Waals surface area contributed by atoms with E-state index in [4.69, 9.17) is 9.26 Å². The van der Waals surface area contributed by atoms with Gasteiger partial charge in [-0.1, -0.05) is 31.0 Å². The first-order chi connectivity index (χ1) is 13.5. The Morgan fingerprint density at radius 1 is 1.46 bits per heavy atom. The van der Waals surface area contributed by atoms with Crippen molar-refractivity contribution in [2.45, 2.75) is 44.8 Å². The van der Waals surface area contributed by atoms with Crippen molar-refractivity contribution in [3.8, 4) is 10.6 Å². The van der Waals surface area contributed by atoms with E-state index < -0.39 is 24.1 Å². The van der Waals surface area contributed by atoms with Crippen LogP contribution in [-0.4, -0.2) is 40.0 Å². The average Bonchev–Trinajstić information content (AvgIpc) is 3.40. The molecule has 3 heterocycles. The van der Waals surface area contributed by atoms with Crippen molar-refractivity contribution < 1.29 is 23.6 Å². The number of carbonyl (C=O) groups is 3. The first-order valence-corrected chi connectivity index (χ1v) is 10.2. The van der Waals surface area contributed by atoms with Crippen molar-refractivity contribution >= 4 is 29.2 Å². The molecule has 3 amide bonds. The van der Waals surface area contributed by atoms with Gasteiger partial charge >= 0.3 is 12.0 Å². The van der Waals surface area contributed by atoms with Crippen LogP contribution >= 0.6 is 11.3 Å². The normalized spacial score (nSPS) is 24.6. The Morgan fingerprint density at radius 3 is 3.07 bits per heavy atom. The highest BCUT2D eigenvalue weighted by atomic mass is 32.1. The van der Waals surface area contributed by atoms with Gasteiger partial charge in [-0.25, -0.2) is 4.79 Å². The number of esters is 1. The predicted molar refractivity (Wildman–Crippen MR) is 100 cm³/mol. The maximum absolute atomic E-state index is 12.9. The van der Waals surface area contributed by atoms with Gasteiger partial charge in [-0.15, -0.1) is 11.3 Å². The van der Waals surface area contributed by atoms with Gasteiger partial charge in [0.15, 0.2) is 5.76 Å². The summed E-state index contributed by atoms with van der Waals surface area (Å²) in [5, 5.41) is 8.63. The fourth-order valence-corrected chi connectivity index (χ4v) is 4.56. The summed E-state index contributed by atoms with van der Waals surface area (Å²) in [7, 11) is 0. The zero-order valence-corrected chi connectivity index (χ0v) is 16.3. The SMILES string of the molecule is C[C@H]1CCCC[C@@]12NC(=O)N(CC(=O)OCc1cc(-c3cccs3)on1)C2=O. The van der Waals surface area contributed by atoms with E-state index in [2.05, 4.69) is 10.5 Å². The molecule has 0 bridgehead atoms. The highest BCUT2D eigenvalue weighted by Crippen LogP contribution is 2.38. The monoisotopic (exact) mass is 403 g/mol. The van der Waals surface area contributed by atoms with E-state index in [0.29, 0.717) is 17.9 Å². The van der Waals surface area contributed by atoms with E-state index in [0.717, 1.165) is 29.0 Å². The number of rotatable bonds is 5. The molecular formula is C19H21N3O5S. The molecule has 1 saturated heterocycles. The molecule has 8 nitrogen and oxygen atoms in total. The van der Waals surface area contributed by atoms with Crippen molar-refractivity contribution in [2.24, 2.45) is 5.92 Å². The van der Waals surface area contributed by atoms with E-state index in [1.54, 1.807) is 6.07 Å². The molecule has 9 heteroatoms. The Balaban J connectivity index is 1.35. The zero-order chi connectivity index (χ0) is 19.7. The van der Waals surface area contributed by atoms with Crippen molar-refractivity contribution in [1.29, 1.82) is 0 Å². The number of carbonyl (C=O) groups excluding carboxylic acids is 3. The largest absolute Gasteiger partial charge is 0.458 e. The molecule has 2 atom stereocenters. The molecule has 1 N–H and O–H groups in total. The highest BCUT2D eigenvalue weighted by Gasteiger charge is 2.55. The van der Waals surface area contributed by atoms with Crippen LogP contribution in [0, 0.1) is 5.92 Å². The van der Waals surface area contributed by atoms with Gasteiger partial charge < -0.3 is 14.6 Å². The summed E-state index contributed by atoms with van der Waals surface area (Å²) in [4.78, 5) is 39.3. The molecule has 4 rings (SSSR count). The molecule has 1 aliphatic carbocycles. The third kappa shape index (κ3) is 3.30. The maximum Gasteiger partial charge on any atom is 0.326 e. The third-order valence-electron chi connectivity index (χ3n) is 5.49. The second kappa shape index (κ2) is 7.38. The van der Waals surface area contributed by atoms with Crippen molar-refractivity contribution in [2.75, 3.05) is 6.54 Å². The van der Waals surface area contributed by atoms with Crippen LogP contribution in [0.5, 0.6) is 0 Å². The van der Waals surface area contributed by atoms with Crippen LogP contribution in [0.15, 0.2) is 28.1 Å². The van der Waals surface area contributed by atoms with Crippen LogP contribution in [0.4, 0.5) is 4.79 Å². The minimum atomic E-state index is -0.878. The summed E-state index contributed by atoms with van der Waals surface area (Å²) in [6.07, 6.45) is 3.41. The van der Waals surface area contributed by atoms with Crippen LogP contribution in [0.3, 0.4) is 0 Å². The number of imide groups is 1. The lowest BCUT2D eigenvalue weighted by Gasteiger charge is -2.36. The zero-order valence-electron chi connectivity index (χ0n) is 15.5. The molecule has 1 saturated carbocycles. The molecule has 1 spiro atoms. The third-order valence-corrected chi connectivity index (χ3v) is 6.38. The van der Waals surface area contributed by atoms with Crippen LogP contribution < -0.4 is 5.32 Å². The van der Waals surface area contributed by atoms with Crippen LogP contribution in [0.2, 0.25) is 0 Å². The van der Waals surface area contributed by atoms with Gasteiger partial charge in [0.1, 0.15) is 24.4 Å². The summed E-state index contributed by atoms with van der Waals surface area (Å²) in [5.74, 6) is -0.347.